The minimum Gasteiger partial charge on any atom is -0.462 e. The summed E-state index contributed by atoms with van der Waals surface area (Å²) in [5, 5.41) is 5.32. The summed E-state index contributed by atoms with van der Waals surface area (Å²) in [5.74, 6) is -2.79. The Morgan fingerprint density at radius 3 is 2.52 bits per heavy atom. The van der Waals surface area contributed by atoms with Crippen LogP contribution in [0.15, 0.2) is 53.7 Å². The SMILES string of the molecule is CCOC(=O)c1ccccc1C1CCC(N2CC(CNC(=O)N3C(=O)NC4=C(C(=O)OC4)C3c3ccc(F)c(F)c3)C2)CC1. The lowest BCUT2D eigenvalue weighted by Gasteiger charge is -2.47. The van der Waals surface area contributed by atoms with Gasteiger partial charge in [-0.3, -0.25) is 4.90 Å². The number of rotatable bonds is 7. The van der Waals surface area contributed by atoms with Gasteiger partial charge in [-0.25, -0.2) is 32.9 Å². The summed E-state index contributed by atoms with van der Waals surface area (Å²) >= 11 is 0. The number of cyclic esters (lactones) is 1. The maximum atomic E-state index is 14.1. The predicted molar refractivity (Wildman–Crippen MR) is 153 cm³/mol. The molecular formula is C32H34F2N4O6. The number of amides is 4. The molecule has 2 fully saturated rings. The van der Waals surface area contributed by atoms with E-state index >= 15 is 0 Å². The van der Waals surface area contributed by atoms with E-state index in [4.69, 9.17) is 9.47 Å². The molecule has 4 amide bonds. The number of halogens is 2. The van der Waals surface area contributed by atoms with Crippen molar-refractivity contribution in [2.75, 3.05) is 32.8 Å². The number of urea groups is 2. The first-order valence-corrected chi connectivity index (χ1v) is 15.0. The Bertz CT molecular complexity index is 1520. The first-order valence-electron chi connectivity index (χ1n) is 15.0. The quantitative estimate of drug-likeness (QED) is 0.448. The second-order valence-corrected chi connectivity index (χ2v) is 11.7. The van der Waals surface area contributed by atoms with Gasteiger partial charge in [0.05, 0.1) is 23.4 Å². The molecule has 1 aliphatic carbocycles. The van der Waals surface area contributed by atoms with Crippen LogP contribution in [0.3, 0.4) is 0 Å². The first kappa shape index (κ1) is 29.7. The monoisotopic (exact) mass is 608 g/mol. The van der Waals surface area contributed by atoms with Gasteiger partial charge in [0.2, 0.25) is 0 Å². The van der Waals surface area contributed by atoms with Gasteiger partial charge in [-0.15, -0.1) is 0 Å². The molecule has 10 nitrogen and oxygen atoms in total. The predicted octanol–water partition coefficient (Wildman–Crippen LogP) is 4.39. The lowest BCUT2D eigenvalue weighted by atomic mass is 9.78. The van der Waals surface area contributed by atoms with E-state index < -0.39 is 35.7 Å². The summed E-state index contributed by atoms with van der Waals surface area (Å²) in [6, 6.07) is 8.30. The van der Waals surface area contributed by atoms with Crippen molar-refractivity contribution in [1.29, 1.82) is 0 Å². The van der Waals surface area contributed by atoms with Crippen molar-refractivity contribution in [1.82, 2.24) is 20.4 Å². The zero-order chi connectivity index (χ0) is 31.0. The fraction of sp³-hybridized carbons (Fsp3) is 0.438. The van der Waals surface area contributed by atoms with Crippen molar-refractivity contribution in [2.24, 2.45) is 5.92 Å². The topological polar surface area (TPSA) is 117 Å². The average Bonchev–Trinajstić information content (AvgIpc) is 3.37. The van der Waals surface area contributed by atoms with Crippen molar-refractivity contribution in [3.05, 3.63) is 82.1 Å². The van der Waals surface area contributed by atoms with Crippen molar-refractivity contribution < 1.29 is 37.4 Å². The molecule has 1 saturated carbocycles. The molecule has 3 heterocycles. The molecule has 2 aromatic carbocycles. The van der Waals surface area contributed by atoms with Gasteiger partial charge < -0.3 is 20.1 Å². The summed E-state index contributed by atoms with van der Waals surface area (Å²) in [4.78, 5) is 54.5. The summed E-state index contributed by atoms with van der Waals surface area (Å²) in [5.41, 5.74) is 1.99. The number of carbonyl (C=O) groups excluding carboxylic acids is 4. The van der Waals surface area contributed by atoms with Gasteiger partial charge in [-0.05, 0) is 67.9 Å². The average molecular weight is 609 g/mol. The van der Waals surface area contributed by atoms with Crippen LogP contribution in [0.5, 0.6) is 0 Å². The van der Waals surface area contributed by atoms with Crippen molar-refractivity contribution in [3.63, 3.8) is 0 Å². The van der Waals surface area contributed by atoms with Gasteiger partial charge >= 0.3 is 24.0 Å². The molecule has 44 heavy (non-hydrogen) atoms. The zero-order valence-electron chi connectivity index (χ0n) is 24.3. The van der Waals surface area contributed by atoms with Crippen LogP contribution in [-0.4, -0.2) is 72.7 Å². The third-order valence-electron chi connectivity index (χ3n) is 9.02. The van der Waals surface area contributed by atoms with E-state index in [1.165, 1.54) is 6.07 Å². The highest BCUT2D eigenvalue weighted by molar-refractivity contribution is 6.03. The second kappa shape index (κ2) is 12.4. The number of ether oxygens (including phenoxy) is 2. The molecule has 2 aromatic rings. The highest BCUT2D eigenvalue weighted by Crippen LogP contribution is 2.39. The van der Waals surface area contributed by atoms with Crippen LogP contribution in [0.1, 0.15) is 66.1 Å². The van der Waals surface area contributed by atoms with Gasteiger partial charge in [0, 0.05) is 31.6 Å². The Kier molecular flexibility index (Phi) is 8.35. The van der Waals surface area contributed by atoms with Gasteiger partial charge in [0.1, 0.15) is 12.6 Å². The molecule has 3 aliphatic heterocycles. The van der Waals surface area contributed by atoms with E-state index in [9.17, 15) is 28.0 Å². The number of esters is 2. The van der Waals surface area contributed by atoms with E-state index in [1.54, 1.807) is 6.92 Å². The number of nitrogens with one attached hydrogen (secondary N) is 2. The van der Waals surface area contributed by atoms with Gasteiger partial charge in [-0.1, -0.05) is 24.3 Å². The van der Waals surface area contributed by atoms with Crippen molar-refractivity contribution >= 4 is 24.0 Å². The molecule has 0 radical (unpaired) electrons. The van der Waals surface area contributed by atoms with Crippen molar-refractivity contribution in [3.8, 4) is 0 Å². The Morgan fingerprint density at radius 2 is 1.80 bits per heavy atom. The van der Waals surface area contributed by atoms with Gasteiger partial charge in [-0.2, -0.15) is 0 Å². The number of hydrogen-bond acceptors (Lipinski definition) is 7. The Labute approximate surface area is 253 Å². The van der Waals surface area contributed by atoms with Crippen LogP contribution in [0.25, 0.3) is 0 Å². The summed E-state index contributed by atoms with van der Waals surface area (Å²) in [6.45, 7) is 3.85. The van der Waals surface area contributed by atoms with Crippen LogP contribution < -0.4 is 10.6 Å². The van der Waals surface area contributed by atoms with E-state index in [0.29, 0.717) is 30.7 Å². The molecule has 0 spiro atoms. The maximum Gasteiger partial charge on any atom is 0.338 e. The molecule has 6 rings (SSSR count). The van der Waals surface area contributed by atoms with E-state index in [0.717, 1.165) is 61.4 Å². The minimum absolute atomic E-state index is 0.0149. The standard InChI is InChI=1S/C32H34F2N4O6/c1-2-43-29(39)23-6-4-3-5-22(23)19-7-10-21(11-8-19)37-15-18(16-37)14-35-31(41)38-28(20-9-12-24(33)25(34)13-20)27-26(36-32(38)42)17-44-30(27)40/h3-6,9,12-13,18-19,21,28H,2,7-8,10-11,14-17H2,1H3,(H,35,41)(H,36,42). The molecule has 4 aliphatic rings. The third kappa shape index (κ3) is 5.66. The van der Waals surface area contributed by atoms with Gasteiger partial charge in [0.15, 0.2) is 11.6 Å². The fourth-order valence-electron chi connectivity index (χ4n) is 6.79. The van der Waals surface area contributed by atoms with E-state index in [-0.39, 0.29) is 35.3 Å². The largest absolute Gasteiger partial charge is 0.462 e. The maximum absolute atomic E-state index is 14.1. The Morgan fingerprint density at radius 1 is 1.05 bits per heavy atom. The first-order chi connectivity index (χ1) is 21.2. The molecule has 12 heteroatoms. The molecule has 1 atom stereocenters. The Balaban J connectivity index is 1.04. The molecule has 1 unspecified atom stereocenters. The Hall–Kier alpha value is -4.32. The molecule has 1 saturated heterocycles. The van der Waals surface area contributed by atoms with Crippen LogP contribution in [0, 0.1) is 17.6 Å². The summed E-state index contributed by atoms with van der Waals surface area (Å²) in [7, 11) is 0. The third-order valence-corrected chi connectivity index (χ3v) is 9.02. The van der Waals surface area contributed by atoms with Crippen LogP contribution >= 0.6 is 0 Å². The minimum atomic E-state index is -1.26. The summed E-state index contributed by atoms with van der Waals surface area (Å²) in [6.07, 6.45) is 3.93. The molecule has 232 valence electrons. The van der Waals surface area contributed by atoms with Crippen LogP contribution in [0.2, 0.25) is 0 Å². The highest BCUT2D eigenvalue weighted by Gasteiger charge is 2.46. The highest BCUT2D eigenvalue weighted by atomic mass is 19.2. The number of nitrogens with zero attached hydrogens (tertiary/aromatic N) is 2. The molecule has 2 N–H and O–H groups in total. The van der Waals surface area contributed by atoms with Crippen LogP contribution in [0.4, 0.5) is 18.4 Å². The smallest absolute Gasteiger partial charge is 0.338 e. The normalized spacial score (nSPS) is 23.9. The second-order valence-electron chi connectivity index (χ2n) is 11.7. The lowest BCUT2D eigenvalue weighted by molar-refractivity contribution is -0.136. The number of carbonyl (C=O) groups is 4. The molecule has 0 aromatic heterocycles. The number of benzene rings is 2. The summed E-state index contributed by atoms with van der Waals surface area (Å²) < 4.78 is 38.1. The lowest BCUT2D eigenvalue weighted by Crippen LogP contribution is -2.58. The van der Waals surface area contributed by atoms with Crippen molar-refractivity contribution in [2.45, 2.75) is 50.6 Å². The fourth-order valence-corrected chi connectivity index (χ4v) is 6.79. The zero-order valence-corrected chi connectivity index (χ0v) is 24.3. The number of imide groups is 1. The van der Waals surface area contributed by atoms with Gasteiger partial charge in [0.25, 0.3) is 0 Å². The molecule has 0 bridgehead atoms. The number of hydrogen-bond donors (Lipinski definition) is 2. The van der Waals surface area contributed by atoms with Crippen LogP contribution in [-0.2, 0) is 14.3 Å². The number of likely N-dealkylation sites (tertiary alicyclic amines) is 1. The molecular weight excluding hydrogens is 574 g/mol. The van der Waals surface area contributed by atoms with E-state index in [1.807, 2.05) is 24.3 Å². The van der Waals surface area contributed by atoms with E-state index in [2.05, 4.69) is 15.5 Å².